The van der Waals surface area contributed by atoms with Crippen molar-refractivity contribution in [3.05, 3.63) is 59.9 Å². The van der Waals surface area contributed by atoms with Crippen LogP contribution in [0.4, 0.5) is 10.1 Å². The molecule has 0 aliphatic carbocycles. The van der Waals surface area contributed by atoms with E-state index in [4.69, 9.17) is 0 Å². The van der Waals surface area contributed by atoms with Gasteiger partial charge >= 0.3 is 0 Å². The van der Waals surface area contributed by atoms with Gasteiger partial charge in [-0.1, -0.05) is 12.1 Å². The Kier molecular flexibility index (Phi) is 4.43. The van der Waals surface area contributed by atoms with Crippen LogP contribution in [0, 0.1) is 17.1 Å². The van der Waals surface area contributed by atoms with Gasteiger partial charge in [-0.2, -0.15) is 5.26 Å². The summed E-state index contributed by atoms with van der Waals surface area (Å²) in [6.45, 7) is 0. The zero-order valence-corrected chi connectivity index (χ0v) is 11.2. The first kappa shape index (κ1) is 13.4. The highest BCUT2D eigenvalue weighted by atomic mass is 32.2. The topological polar surface area (TPSA) is 35.8 Å². The molecule has 0 aliphatic heterocycles. The fraction of sp³-hybridized carbons (Fsp3) is 0.133. The molecular weight excluding hydrogens is 259 g/mol. The van der Waals surface area contributed by atoms with E-state index in [1.165, 1.54) is 17.0 Å². The van der Waals surface area contributed by atoms with Crippen molar-refractivity contribution in [2.45, 2.75) is 10.9 Å². The molecule has 0 fully saturated rings. The van der Waals surface area contributed by atoms with Crippen LogP contribution in [0.15, 0.2) is 53.4 Å². The van der Waals surface area contributed by atoms with Gasteiger partial charge in [0.05, 0.1) is 6.07 Å². The molecule has 0 aliphatic rings. The number of anilines is 1. The Morgan fingerprint density at radius 3 is 2.26 bits per heavy atom. The minimum absolute atomic E-state index is 0.301. The van der Waals surface area contributed by atoms with Crippen molar-refractivity contribution in [3.8, 4) is 6.07 Å². The minimum Gasteiger partial charge on any atom is -0.366 e. The van der Waals surface area contributed by atoms with E-state index >= 15 is 0 Å². The van der Waals surface area contributed by atoms with Gasteiger partial charge in [0, 0.05) is 10.6 Å². The molecule has 2 aromatic rings. The van der Waals surface area contributed by atoms with Gasteiger partial charge in [0.1, 0.15) is 11.9 Å². The molecule has 96 valence electrons. The Hall–Kier alpha value is -1.99. The predicted molar refractivity (Wildman–Crippen MR) is 76.6 cm³/mol. The fourth-order valence-corrected chi connectivity index (χ4v) is 2.11. The van der Waals surface area contributed by atoms with Crippen LogP contribution >= 0.6 is 11.8 Å². The minimum atomic E-state index is -0.485. The van der Waals surface area contributed by atoms with Gasteiger partial charge in [-0.3, -0.25) is 0 Å². The number of rotatable bonds is 4. The molecule has 4 heteroatoms. The fourth-order valence-electron chi connectivity index (χ4n) is 1.70. The number of nitrogens with one attached hydrogen (secondary N) is 1. The molecule has 2 aromatic carbocycles. The number of benzene rings is 2. The van der Waals surface area contributed by atoms with E-state index in [-0.39, 0.29) is 5.82 Å². The maximum Gasteiger partial charge on any atom is 0.140 e. The third-order valence-corrected chi connectivity index (χ3v) is 3.48. The molecule has 1 atom stereocenters. The maximum atomic E-state index is 12.9. The van der Waals surface area contributed by atoms with Crippen LogP contribution < -0.4 is 5.32 Å². The first-order valence-corrected chi connectivity index (χ1v) is 7.01. The zero-order chi connectivity index (χ0) is 13.7. The first-order chi connectivity index (χ1) is 9.22. The van der Waals surface area contributed by atoms with Gasteiger partial charge in [0.15, 0.2) is 0 Å². The SMILES string of the molecule is CSc1ccc(NC(C#N)c2ccc(F)cc2)cc1. The summed E-state index contributed by atoms with van der Waals surface area (Å²) in [7, 11) is 0. The van der Waals surface area contributed by atoms with Crippen molar-refractivity contribution in [2.75, 3.05) is 11.6 Å². The standard InChI is InChI=1S/C15H13FN2S/c1-19-14-8-6-13(7-9-14)18-15(10-17)11-2-4-12(16)5-3-11/h2-9,15,18H,1H3. The molecule has 0 saturated carbocycles. The van der Waals surface area contributed by atoms with Gasteiger partial charge in [0.25, 0.3) is 0 Å². The second-order valence-corrected chi connectivity index (χ2v) is 4.87. The second-order valence-electron chi connectivity index (χ2n) is 3.99. The summed E-state index contributed by atoms with van der Waals surface area (Å²) in [5.74, 6) is -0.301. The highest BCUT2D eigenvalue weighted by Crippen LogP contribution is 2.22. The van der Waals surface area contributed by atoms with Gasteiger partial charge in [-0.15, -0.1) is 11.8 Å². The summed E-state index contributed by atoms with van der Waals surface area (Å²) in [6.07, 6.45) is 2.01. The molecular formula is C15H13FN2S. The van der Waals surface area contributed by atoms with Gasteiger partial charge < -0.3 is 5.32 Å². The third-order valence-electron chi connectivity index (χ3n) is 2.73. The van der Waals surface area contributed by atoms with Crippen molar-refractivity contribution < 1.29 is 4.39 Å². The van der Waals surface area contributed by atoms with Crippen LogP contribution in [0.5, 0.6) is 0 Å². The van der Waals surface area contributed by atoms with Gasteiger partial charge in [0.2, 0.25) is 0 Å². The average molecular weight is 272 g/mol. The molecule has 1 N–H and O–H groups in total. The lowest BCUT2D eigenvalue weighted by atomic mass is 10.1. The van der Waals surface area contributed by atoms with Crippen LogP contribution in [0.2, 0.25) is 0 Å². The highest BCUT2D eigenvalue weighted by Gasteiger charge is 2.10. The summed E-state index contributed by atoms with van der Waals surface area (Å²) in [5.41, 5.74) is 1.62. The lowest BCUT2D eigenvalue weighted by molar-refractivity contribution is 0.627. The van der Waals surface area contributed by atoms with Gasteiger partial charge in [-0.25, -0.2) is 4.39 Å². The van der Waals surface area contributed by atoms with Crippen molar-refractivity contribution in [1.29, 1.82) is 5.26 Å². The molecule has 0 aromatic heterocycles. The van der Waals surface area contributed by atoms with E-state index in [2.05, 4.69) is 11.4 Å². The Morgan fingerprint density at radius 2 is 1.74 bits per heavy atom. The Bertz CT molecular complexity index is 573. The second kappa shape index (κ2) is 6.26. The van der Waals surface area contributed by atoms with E-state index in [9.17, 15) is 9.65 Å². The number of thioether (sulfide) groups is 1. The molecule has 0 heterocycles. The smallest absolute Gasteiger partial charge is 0.140 e. The summed E-state index contributed by atoms with van der Waals surface area (Å²) < 4.78 is 12.9. The lowest BCUT2D eigenvalue weighted by Gasteiger charge is -2.13. The molecule has 2 rings (SSSR count). The molecule has 0 radical (unpaired) electrons. The summed E-state index contributed by atoms with van der Waals surface area (Å²) >= 11 is 1.67. The first-order valence-electron chi connectivity index (χ1n) is 5.78. The van der Waals surface area contributed by atoms with Gasteiger partial charge in [-0.05, 0) is 48.2 Å². The van der Waals surface area contributed by atoms with Crippen molar-refractivity contribution in [1.82, 2.24) is 0 Å². The molecule has 1 unspecified atom stereocenters. The summed E-state index contributed by atoms with van der Waals surface area (Å²) in [6, 6.07) is 15.5. The molecule has 0 spiro atoms. The summed E-state index contributed by atoms with van der Waals surface area (Å²) in [5, 5.41) is 12.3. The van der Waals surface area contributed by atoms with Crippen molar-refractivity contribution >= 4 is 17.4 Å². The van der Waals surface area contributed by atoms with Crippen LogP contribution in [-0.4, -0.2) is 6.26 Å². The molecule has 19 heavy (non-hydrogen) atoms. The Balaban J connectivity index is 2.14. The Labute approximate surface area is 116 Å². The van der Waals surface area contributed by atoms with E-state index in [0.717, 1.165) is 11.3 Å². The lowest BCUT2D eigenvalue weighted by Crippen LogP contribution is -2.08. The van der Waals surface area contributed by atoms with Crippen LogP contribution in [0.3, 0.4) is 0 Å². The number of hydrogen-bond acceptors (Lipinski definition) is 3. The van der Waals surface area contributed by atoms with E-state index in [1.807, 2.05) is 30.5 Å². The van der Waals surface area contributed by atoms with E-state index in [0.29, 0.717) is 0 Å². The monoisotopic (exact) mass is 272 g/mol. The van der Waals surface area contributed by atoms with E-state index in [1.54, 1.807) is 23.9 Å². The van der Waals surface area contributed by atoms with Crippen molar-refractivity contribution in [2.24, 2.45) is 0 Å². The number of nitrogens with zero attached hydrogens (tertiary/aromatic N) is 1. The highest BCUT2D eigenvalue weighted by molar-refractivity contribution is 7.98. The molecule has 2 nitrogen and oxygen atoms in total. The van der Waals surface area contributed by atoms with E-state index < -0.39 is 6.04 Å². The third kappa shape index (κ3) is 3.49. The quantitative estimate of drug-likeness (QED) is 0.846. The summed E-state index contributed by atoms with van der Waals surface area (Å²) in [4.78, 5) is 1.17. The molecule has 0 bridgehead atoms. The van der Waals surface area contributed by atoms with Crippen LogP contribution in [0.1, 0.15) is 11.6 Å². The molecule has 0 amide bonds. The maximum absolute atomic E-state index is 12.9. The van der Waals surface area contributed by atoms with Crippen LogP contribution in [0.25, 0.3) is 0 Å². The average Bonchev–Trinajstić information content (AvgIpc) is 2.46. The predicted octanol–water partition coefficient (Wildman–Crippen LogP) is 4.22. The number of halogens is 1. The number of hydrogen-bond donors (Lipinski definition) is 1. The molecule has 0 saturated heterocycles. The van der Waals surface area contributed by atoms with Crippen molar-refractivity contribution in [3.63, 3.8) is 0 Å². The zero-order valence-electron chi connectivity index (χ0n) is 10.4. The Morgan fingerprint density at radius 1 is 1.11 bits per heavy atom. The normalized spacial score (nSPS) is 11.6. The number of nitriles is 1. The van der Waals surface area contributed by atoms with Crippen LogP contribution in [-0.2, 0) is 0 Å². The largest absolute Gasteiger partial charge is 0.366 e.